The summed E-state index contributed by atoms with van der Waals surface area (Å²) in [4.78, 5) is 25.4. The zero-order chi connectivity index (χ0) is 14.6. The summed E-state index contributed by atoms with van der Waals surface area (Å²) >= 11 is 0. The van der Waals surface area contributed by atoms with Crippen molar-refractivity contribution in [2.45, 2.75) is 26.1 Å². The Labute approximate surface area is 118 Å². The van der Waals surface area contributed by atoms with E-state index in [2.05, 4.69) is 0 Å². The summed E-state index contributed by atoms with van der Waals surface area (Å²) in [5.41, 5.74) is 0. The van der Waals surface area contributed by atoms with Crippen molar-refractivity contribution in [1.29, 1.82) is 0 Å². The van der Waals surface area contributed by atoms with E-state index >= 15 is 0 Å². The van der Waals surface area contributed by atoms with Crippen LogP contribution in [0.4, 0.5) is 4.79 Å². The molecule has 0 aromatic heterocycles. The molecular weight excluding hydrogens is 266 g/mol. The summed E-state index contributed by atoms with van der Waals surface area (Å²) < 4.78 is 21.3. The van der Waals surface area contributed by atoms with Crippen LogP contribution in [0.25, 0.3) is 0 Å². The highest BCUT2D eigenvalue weighted by Gasteiger charge is 2.53. The van der Waals surface area contributed by atoms with Crippen molar-refractivity contribution >= 4 is 12.1 Å². The van der Waals surface area contributed by atoms with Crippen molar-refractivity contribution in [1.82, 2.24) is 4.90 Å². The molecule has 0 bridgehead atoms. The monoisotopic (exact) mass is 287 g/mol. The molecule has 0 radical (unpaired) electrons. The average molecular weight is 287 g/mol. The number of carbonyl (C=O) groups is 2. The summed E-state index contributed by atoms with van der Waals surface area (Å²) in [7, 11) is 0. The van der Waals surface area contributed by atoms with Gasteiger partial charge in [0, 0.05) is 19.5 Å². The number of rotatable bonds is 3. The van der Waals surface area contributed by atoms with E-state index in [0.717, 1.165) is 0 Å². The summed E-state index contributed by atoms with van der Waals surface area (Å²) in [6.07, 6.45) is 0.0182. The molecule has 2 fully saturated rings. The summed E-state index contributed by atoms with van der Waals surface area (Å²) in [5.74, 6) is -1.98. The molecule has 2 heterocycles. The molecule has 114 valence electrons. The van der Waals surface area contributed by atoms with Crippen LogP contribution in [-0.4, -0.2) is 62.3 Å². The van der Waals surface area contributed by atoms with E-state index in [9.17, 15) is 9.59 Å². The van der Waals surface area contributed by atoms with Crippen LogP contribution in [0.1, 0.15) is 20.3 Å². The van der Waals surface area contributed by atoms with E-state index in [-0.39, 0.29) is 13.2 Å². The molecule has 1 unspecified atom stereocenters. The van der Waals surface area contributed by atoms with Crippen LogP contribution in [0, 0.1) is 5.92 Å². The van der Waals surface area contributed by atoms with Gasteiger partial charge in [-0.05, 0) is 13.8 Å². The van der Waals surface area contributed by atoms with Crippen LogP contribution in [0.3, 0.4) is 0 Å². The lowest BCUT2D eigenvalue weighted by atomic mass is 9.90. The maximum Gasteiger partial charge on any atom is 0.409 e. The van der Waals surface area contributed by atoms with Gasteiger partial charge in [-0.1, -0.05) is 0 Å². The fourth-order valence-electron chi connectivity index (χ4n) is 2.61. The van der Waals surface area contributed by atoms with E-state index in [4.69, 9.17) is 18.9 Å². The van der Waals surface area contributed by atoms with Gasteiger partial charge in [0.15, 0.2) is 5.79 Å². The molecular formula is C13H21NO6. The van der Waals surface area contributed by atoms with Gasteiger partial charge in [-0.25, -0.2) is 4.79 Å². The predicted octanol–water partition coefficient (Wildman–Crippen LogP) is 0.771. The van der Waals surface area contributed by atoms with Crippen molar-refractivity contribution in [3.63, 3.8) is 0 Å². The first kappa shape index (κ1) is 15.1. The van der Waals surface area contributed by atoms with Crippen molar-refractivity contribution in [3.8, 4) is 0 Å². The number of esters is 1. The molecule has 2 aliphatic rings. The largest absolute Gasteiger partial charge is 0.466 e. The Morgan fingerprint density at radius 1 is 1.20 bits per heavy atom. The van der Waals surface area contributed by atoms with E-state index in [0.29, 0.717) is 32.8 Å². The van der Waals surface area contributed by atoms with Gasteiger partial charge >= 0.3 is 12.1 Å². The highest BCUT2D eigenvalue weighted by atomic mass is 16.7. The first-order valence-corrected chi connectivity index (χ1v) is 6.99. The standard InChI is InChI=1S/C13H21NO6/c1-3-17-11(15)10-9-14(12(16)18-4-2)6-5-13(10)19-7-8-20-13/h10H,3-9H2,1-2H3. The molecule has 0 aliphatic carbocycles. The Balaban J connectivity index is 2.10. The third-order valence-corrected chi connectivity index (χ3v) is 3.54. The molecule has 0 saturated carbocycles. The molecule has 7 heteroatoms. The second kappa shape index (κ2) is 6.41. The molecule has 20 heavy (non-hydrogen) atoms. The Kier molecular flexibility index (Phi) is 4.82. The van der Waals surface area contributed by atoms with Gasteiger partial charge in [-0.3, -0.25) is 4.79 Å². The number of ether oxygens (including phenoxy) is 4. The molecule has 2 rings (SSSR count). The quantitative estimate of drug-likeness (QED) is 0.714. The fourth-order valence-corrected chi connectivity index (χ4v) is 2.61. The van der Waals surface area contributed by atoms with Gasteiger partial charge in [0.25, 0.3) is 0 Å². The fraction of sp³-hybridized carbons (Fsp3) is 0.846. The van der Waals surface area contributed by atoms with Crippen LogP contribution in [0.5, 0.6) is 0 Å². The summed E-state index contributed by atoms with van der Waals surface area (Å²) in [6, 6.07) is 0. The first-order valence-electron chi connectivity index (χ1n) is 6.99. The second-order valence-corrected chi connectivity index (χ2v) is 4.71. The van der Waals surface area contributed by atoms with E-state index in [1.54, 1.807) is 13.8 Å². The third kappa shape index (κ3) is 2.88. The van der Waals surface area contributed by atoms with Crippen molar-refractivity contribution in [2.75, 3.05) is 39.5 Å². The van der Waals surface area contributed by atoms with Gasteiger partial charge in [0.05, 0.1) is 26.4 Å². The number of piperidine rings is 1. The Hall–Kier alpha value is -1.34. The van der Waals surface area contributed by atoms with Crippen LogP contribution in [0.15, 0.2) is 0 Å². The van der Waals surface area contributed by atoms with Crippen LogP contribution in [-0.2, 0) is 23.7 Å². The normalized spacial score (nSPS) is 24.7. The number of nitrogens with zero attached hydrogens (tertiary/aromatic N) is 1. The van der Waals surface area contributed by atoms with Crippen LogP contribution >= 0.6 is 0 Å². The smallest absolute Gasteiger partial charge is 0.409 e. The topological polar surface area (TPSA) is 74.3 Å². The molecule has 1 spiro atoms. The second-order valence-electron chi connectivity index (χ2n) is 4.71. The van der Waals surface area contributed by atoms with Crippen LogP contribution < -0.4 is 0 Å². The van der Waals surface area contributed by atoms with Gasteiger partial charge in [0.1, 0.15) is 5.92 Å². The van der Waals surface area contributed by atoms with Gasteiger partial charge in [0.2, 0.25) is 0 Å². The number of hydrogen-bond acceptors (Lipinski definition) is 6. The highest BCUT2D eigenvalue weighted by molar-refractivity contribution is 5.76. The number of amides is 1. The number of likely N-dealkylation sites (tertiary alicyclic amines) is 1. The van der Waals surface area contributed by atoms with Crippen molar-refractivity contribution < 1.29 is 28.5 Å². The SMILES string of the molecule is CCOC(=O)C1CN(C(=O)OCC)CCC12OCCO2. The molecule has 1 amide bonds. The molecule has 0 aromatic rings. The lowest BCUT2D eigenvalue weighted by molar-refractivity contribution is -0.226. The molecule has 0 aromatic carbocycles. The van der Waals surface area contributed by atoms with Gasteiger partial charge in [-0.15, -0.1) is 0 Å². The minimum Gasteiger partial charge on any atom is -0.466 e. The van der Waals surface area contributed by atoms with Crippen molar-refractivity contribution in [3.05, 3.63) is 0 Å². The average Bonchev–Trinajstić information content (AvgIpc) is 2.89. The molecule has 2 aliphatic heterocycles. The van der Waals surface area contributed by atoms with Crippen molar-refractivity contribution in [2.24, 2.45) is 5.92 Å². The lowest BCUT2D eigenvalue weighted by Crippen LogP contribution is -2.57. The predicted molar refractivity (Wildman–Crippen MR) is 68.0 cm³/mol. The zero-order valence-corrected chi connectivity index (χ0v) is 11.9. The zero-order valence-electron chi connectivity index (χ0n) is 11.9. The minimum absolute atomic E-state index is 0.192. The molecule has 0 N–H and O–H groups in total. The Morgan fingerprint density at radius 2 is 1.85 bits per heavy atom. The van der Waals surface area contributed by atoms with E-state index in [1.165, 1.54) is 4.90 Å². The molecule has 1 atom stereocenters. The first-order chi connectivity index (χ1) is 9.63. The maximum atomic E-state index is 12.1. The number of hydrogen-bond donors (Lipinski definition) is 0. The lowest BCUT2D eigenvalue weighted by Gasteiger charge is -2.41. The molecule has 7 nitrogen and oxygen atoms in total. The third-order valence-electron chi connectivity index (χ3n) is 3.54. The highest BCUT2D eigenvalue weighted by Crippen LogP contribution is 2.37. The van der Waals surface area contributed by atoms with E-state index < -0.39 is 23.8 Å². The summed E-state index contributed by atoms with van der Waals surface area (Å²) in [5, 5.41) is 0. The van der Waals surface area contributed by atoms with Gasteiger partial charge in [-0.2, -0.15) is 0 Å². The van der Waals surface area contributed by atoms with Gasteiger partial charge < -0.3 is 23.8 Å². The Morgan fingerprint density at radius 3 is 2.45 bits per heavy atom. The molecule has 2 saturated heterocycles. The Bertz CT molecular complexity index is 366. The number of carbonyl (C=O) groups excluding carboxylic acids is 2. The van der Waals surface area contributed by atoms with Crippen LogP contribution in [0.2, 0.25) is 0 Å². The summed E-state index contributed by atoms with van der Waals surface area (Å²) in [6.45, 7) is 5.61. The van der Waals surface area contributed by atoms with E-state index in [1.807, 2.05) is 0 Å². The minimum atomic E-state index is -0.949. The maximum absolute atomic E-state index is 12.1.